The molecule has 1 saturated heterocycles. The topological polar surface area (TPSA) is 76.3 Å². The zero-order valence-corrected chi connectivity index (χ0v) is 16.2. The van der Waals surface area contributed by atoms with Gasteiger partial charge in [0.05, 0.1) is 4.90 Å². The van der Waals surface area contributed by atoms with Crippen molar-refractivity contribution in [1.82, 2.24) is 14.4 Å². The zero-order chi connectivity index (χ0) is 19.0. The van der Waals surface area contributed by atoms with Crippen molar-refractivity contribution in [2.45, 2.75) is 30.7 Å². The maximum absolute atomic E-state index is 13.0. The molecule has 1 aliphatic rings. The Labute approximate surface area is 162 Å². The third-order valence-corrected chi connectivity index (χ3v) is 6.83. The average Bonchev–Trinajstić information content (AvgIpc) is 3.32. The average molecular weight is 404 g/mol. The van der Waals surface area contributed by atoms with Gasteiger partial charge in [0.25, 0.3) is 0 Å². The van der Waals surface area contributed by atoms with E-state index in [4.69, 9.17) is 16.1 Å². The van der Waals surface area contributed by atoms with E-state index >= 15 is 0 Å². The van der Waals surface area contributed by atoms with Gasteiger partial charge in [-0.05, 0) is 44.0 Å². The SMILES string of the molecule is Cc1ccc(-c2noc([C@H]3CCCN3S(=O)(=O)c3ccc(Cl)cc3)n2)cc1. The number of aromatic nitrogens is 2. The molecule has 140 valence electrons. The molecule has 27 heavy (non-hydrogen) atoms. The number of halogens is 1. The van der Waals surface area contributed by atoms with Crippen molar-refractivity contribution in [3.63, 3.8) is 0 Å². The van der Waals surface area contributed by atoms with Gasteiger partial charge >= 0.3 is 0 Å². The number of benzene rings is 2. The van der Waals surface area contributed by atoms with Crippen LogP contribution in [0.5, 0.6) is 0 Å². The van der Waals surface area contributed by atoms with Crippen LogP contribution < -0.4 is 0 Å². The molecular weight excluding hydrogens is 386 g/mol. The minimum Gasteiger partial charge on any atom is -0.337 e. The summed E-state index contributed by atoms with van der Waals surface area (Å²) >= 11 is 5.87. The molecule has 4 rings (SSSR count). The van der Waals surface area contributed by atoms with Gasteiger partial charge in [-0.15, -0.1) is 0 Å². The normalized spacial score (nSPS) is 18.1. The summed E-state index contributed by atoms with van der Waals surface area (Å²) in [6.07, 6.45) is 1.38. The van der Waals surface area contributed by atoms with E-state index in [1.165, 1.54) is 16.4 Å². The standard InChI is InChI=1S/C19H18ClN3O3S/c1-13-4-6-14(7-5-13)18-21-19(26-22-18)17-3-2-12-23(17)27(24,25)16-10-8-15(20)9-11-16/h4-11,17H,2-3,12H2,1H3/t17-/m1/s1. The van der Waals surface area contributed by atoms with Crippen LogP contribution in [-0.4, -0.2) is 29.4 Å². The Morgan fingerprint density at radius 2 is 1.81 bits per heavy atom. The van der Waals surface area contributed by atoms with Crippen LogP contribution in [0.15, 0.2) is 57.9 Å². The van der Waals surface area contributed by atoms with Gasteiger partial charge in [0, 0.05) is 17.1 Å². The predicted molar refractivity (Wildman–Crippen MR) is 102 cm³/mol. The lowest BCUT2D eigenvalue weighted by atomic mass is 10.1. The van der Waals surface area contributed by atoms with Crippen LogP contribution in [0.2, 0.25) is 5.02 Å². The molecule has 1 aliphatic heterocycles. The van der Waals surface area contributed by atoms with Gasteiger partial charge in [0.1, 0.15) is 6.04 Å². The third-order valence-electron chi connectivity index (χ3n) is 4.66. The van der Waals surface area contributed by atoms with Crippen molar-refractivity contribution in [2.75, 3.05) is 6.54 Å². The van der Waals surface area contributed by atoms with Crippen LogP contribution in [0.1, 0.15) is 30.3 Å². The molecule has 2 heterocycles. The number of hydrogen-bond acceptors (Lipinski definition) is 5. The first-order chi connectivity index (χ1) is 12.9. The maximum Gasteiger partial charge on any atom is 0.245 e. The van der Waals surface area contributed by atoms with Crippen molar-refractivity contribution < 1.29 is 12.9 Å². The van der Waals surface area contributed by atoms with Gasteiger partial charge in [-0.2, -0.15) is 9.29 Å². The number of hydrogen-bond donors (Lipinski definition) is 0. The molecule has 2 aromatic carbocycles. The minimum atomic E-state index is -3.67. The van der Waals surface area contributed by atoms with E-state index < -0.39 is 16.1 Å². The van der Waals surface area contributed by atoms with Crippen LogP contribution in [0, 0.1) is 6.92 Å². The second-order valence-electron chi connectivity index (χ2n) is 6.55. The Balaban J connectivity index is 1.64. The Morgan fingerprint density at radius 3 is 2.52 bits per heavy atom. The van der Waals surface area contributed by atoms with Crippen LogP contribution >= 0.6 is 11.6 Å². The van der Waals surface area contributed by atoms with E-state index in [2.05, 4.69) is 10.1 Å². The summed E-state index contributed by atoms with van der Waals surface area (Å²) in [7, 11) is -3.67. The van der Waals surface area contributed by atoms with E-state index in [1.807, 2.05) is 31.2 Å². The Kier molecular flexibility index (Phi) is 4.75. The fourth-order valence-corrected chi connectivity index (χ4v) is 4.98. The van der Waals surface area contributed by atoms with Gasteiger partial charge < -0.3 is 4.52 Å². The highest BCUT2D eigenvalue weighted by Gasteiger charge is 2.39. The maximum atomic E-state index is 13.0. The molecular formula is C19H18ClN3O3S. The first kappa shape index (κ1) is 18.2. The largest absolute Gasteiger partial charge is 0.337 e. The van der Waals surface area contributed by atoms with E-state index in [1.54, 1.807) is 12.1 Å². The lowest BCUT2D eigenvalue weighted by Gasteiger charge is -2.21. The molecule has 0 spiro atoms. The molecule has 8 heteroatoms. The Bertz CT molecular complexity index is 1050. The fraction of sp³-hybridized carbons (Fsp3) is 0.263. The summed E-state index contributed by atoms with van der Waals surface area (Å²) < 4.78 is 32.9. The molecule has 3 aromatic rings. The number of rotatable bonds is 4. The van der Waals surface area contributed by atoms with Crippen molar-refractivity contribution in [3.8, 4) is 11.4 Å². The summed E-state index contributed by atoms with van der Waals surface area (Å²) in [5, 5.41) is 4.53. The lowest BCUT2D eigenvalue weighted by Crippen LogP contribution is -2.30. The molecule has 0 unspecified atom stereocenters. The monoisotopic (exact) mass is 403 g/mol. The second-order valence-corrected chi connectivity index (χ2v) is 8.88. The molecule has 0 amide bonds. The summed E-state index contributed by atoms with van der Waals surface area (Å²) in [6.45, 7) is 2.42. The first-order valence-corrected chi connectivity index (χ1v) is 10.4. The molecule has 1 aromatic heterocycles. The molecule has 1 atom stereocenters. The Morgan fingerprint density at radius 1 is 1.11 bits per heavy atom. The van der Waals surface area contributed by atoms with Crippen LogP contribution in [0.3, 0.4) is 0 Å². The molecule has 6 nitrogen and oxygen atoms in total. The summed E-state index contributed by atoms with van der Waals surface area (Å²) in [5.74, 6) is 0.779. The van der Waals surface area contributed by atoms with Crippen LogP contribution in [0.4, 0.5) is 0 Å². The first-order valence-electron chi connectivity index (χ1n) is 8.63. The summed E-state index contributed by atoms with van der Waals surface area (Å²) in [4.78, 5) is 4.66. The Hall–Kier alpha value is -2.22. The minimum absolute atomic E-state index is 0.206. The molecule has 0 saturated carbocycles. The van der Waals surface area contributed by atoms with E-state index in [9.17, 15) is 8.42 Å². The van der Waals surface area contributed by atoms with Crippen molar-refractivity contribution in [3.05, 3.63) is 65.0 Å². The van der Waals surface area contributed by atoms with Crippen molar-refractivity contribution in [2.24, 2.45) is 0 Å². The molecule has 0 bridgehead atoms. The number of sulfonamides is 1. The molecule has 0 N–H and O–H groups in total. The van der Waals surface area contributed by atoms with Gasteiger partial charge in [-0.1, -0.05) is 46.6 Å². The molecule has 0 radical (unpaired) electrons. The van der Waals surface area contributed by atoms with Crippen LogP contribution in [-0.2, 0) is 10.0 Å². The highest BCUT2D eigenvalue weighted by molar-refractivity contribution is 7.89. The zero-order valence-electron chi connectivity index (χ0n) is 14.7. The highest BCUT2D eigenvalue weighted by Crippen LogP contribution is 2.36. The molecule has 1 fully saturated rings. The van der Waals surface area contributed by atoms with Crippen LogP contribution in [0.25, 0.3) is 11.4 Å². The van der Waals surface area contributed by atoms with Gasteiger partial charge in [-0.3, -0.25) is 0 Å². The third kappa shape index (κ3) is 3.50. The number of nitrogens with zero attached hydrogens (tertiary/aromatic N) is 3. The number of aryl methyl sites for hydroxylation is 1. The van der Waals surface area contributed by atoms with E-state index in [0.717, 1.165) is 17.5 Å². The van der Waals surface area contributed by atoms with Crippen molar-refractivity contribution >= 4 is 21.6 Å². The lowest BCUT2D eigenvalue weighted by molar-refractivity contribution is 0.290. The highest BCUT2D eigenvalue weighted by atomic mass is 35.5. The van der Waals surface area contributed by atoms with Crippen molar-refractivity contribution in [1.29, 1.82) is 0 Å². The fourth-order valence-electron chi connectivity index (χ4n) is 3.21. The smallest absolute Gasteiger partial charge is 0.245 e. The summed E-state index contributed by atoms with van der Waals surface area (Å²) in [5.41, 5.74) is 1.97. The van der Waals surface area contributed by atoms with E-state index in [0.29, 0.717) is 29.7 Å². The van der Waals surface area contributed by atoms with Gasteiger partial charge in [0.15, 0.2) is 0 Å². The predicted octanol–water partition coefficient (Wildman–Crippen LogP) is 4.22. The van der Waals surface area contributed by atoms with Gasteiger partial charge in [-0.25, -0.2) is 8.42 Å². The quantitative estimate of drug-likeness (QED) is 0.651. The summed E-state index contributed by atoms with van der Waals surface area (Å²) in [6, 6.07) is 13.5. The van der Waals surface area contributed by atoms with E-state index in [-0.39, 0.29) is 4.90 Å². The second kappa shape index (κ2) is 7.07. The molecule has 0 aliphatic carbocycles. The van der Waals surface area contributed by atoms with Gasteiger partial charge in [0.2, 0.25) is 21.7 Å².